The van der Waals surface area contributed by atoms with Crippen LogP contribution in [0.2, 0.25) is 0 Å². The van der Waals surface area contributed by atoms with Crippen LogP contribution in [0.1, 0.15) is 30.5 Å². The highest BCUT2D eigenvalue weighted by molar-refractivity contribution is 5.42. The van der Waals surface area contributed by atoms with Crippen molar-refractivity contribution in [1.29, 1.82) is 0 Å². The first-order chi connectivity index (χ1) is 7.24. The van der Waals surface area contributed by atoms with E-state index in [9.17, 15) is 4.39 Å². The monoisotopic (exact) mass is 209 g/mol. The van der Waals surface area contributed by atoms with Gasteiger partial charge in [-0.2, -0.15) is 0 Å². The van der Waals surface area contributed by atoms with Crippen molar-refractivity contribution in [2.45, 2.75) is 26.3 Å². The fourth-order valence-electron chi connectivity index (χ4n) is 1.98. The molecule has 0 radical (unpaired) electrons. The van der Waals surface area contributed by atoms with Crippen LogP contribution >= 0.6 is 0 Å². The van der Waals surface area contributed by atoms with E-state index in [2.05, 4.69) is 12.2 Å². The molecule has 0 spiro atoms. The summed E-state index contributed by atoms with van der Waals surface area (Å²) < 4.78 is 19.1. The topological polar surface area (TPSA) is 21.3 Å². The molecule has 1 aliphatic rings. The number of hydrogen-bond donors (Lipinski definition) is 1. The van der Waals surface area contributed by atoms with Crippen molar-refractivity contribution >= 4 is 0 Å². The summed E-state index contributed by atoms with van der Waals surface area (Å²) in [5.41, 5.74) is 1.59. The summed E-state index contributed by atoms with van der Waals surface area (Å²) in [4.78, 5) is 0. The fourth-order valence-corrected chi connectivity index (χ4v) is 1.98. The first-order valence-corrected chi connectivity index (χ1v) is 5.39. The Kier molecular flexibility index (Phi) is 2.91. The second kappa shape index (κ2) is 4.19. The normalized spacial score (nSPS) is 19.5. The minimum Gasteiger partial charge on any atom is -0.490 e. The van der Waals surface area contributed by atoms with Crippen molar-refractivity contribution in [3.8, 4) is 5.75 Å². The van der Waals surface area contributed by atoms with Gasteiger partial charge in [-0.15, -0.1) is 0 Å². The van der Waals surface area contributed by atoms with Crippen LogP contribution in [0.4, 0.5) is 4.39 Å². The lowest BCUT2D eigenvalue weighted by molar-refractivity contribution is 0.241. The van der Waals surface area contributed by atoms with Gasteiger partial charge in [-0.1, -0.05) is 19.1 Å². The largest absolute Gasteiger partial charge is 0.490 e. The van der Waals surface area contributed by atoms with Crippen LogP contribution in [0.15, 0.2) is 12.1 Å². The Labute approximate surface area is 89.4 Å². The van der Waals surface area contributed by atoms with Gasteiger partial charge in [-0.3, -0.25) is 0 Å². The van der Waals surface area contributed by atoms with Crippen molar-refractivity contribution in [3.63, 3.8) is 0 Å². The van der Waals surface area contributed by atoms with Crippen LogP contribution in [0, 0.1) is 12.7 Å². The number of ether oxygens (including phenoxy) is 1. The number of aryl methyl sites for hydroxylation is 1. The zero-order chi connectivity index (χ0) is 10.8. The van der Waals surface area contributed by atoms with E-state index in [1.807, 2.05) is 12.1 Å². The molecule has 1 heterocycles. The number of rotatable bonds is 2. The van der Waals surface area contributed by atoms with Gasteiger partial charge in [-0.25, -0.2) is 4.39 Å². The second-order valence-electron chi connectivity index (χ2n) is 3.86. The van der Waals surface area contributed by atoms with Crippen molar-refractivity contribution in [1.82, 2.24) is 5.32 Å². The van der Waals surface area contributed by atoms with Crippen LogP contribution in [-0.4, -0.2) is 13.2 Å². The molecule has 2 nitrogen and oxygen atoms in total. The molecular formula is C12H16FNO. The summed E-state index contributed by atoms with van der Waals surface area (Å²) in [5.74, 6) is 0.224. The lowest BCUT2D eigenvalue weighted by atomic mass is 9.98. The third-order valence-electron chi connectivity index (χ3n) is 2.80. The smallest absolute Gasteiger partial charge is 0.168 e. The van der Waals surface area contributed by atoms with Gasteiger partial charge in [0.05, 0.1) is 6.61 Å². The highest BCUT2D eigenvalue weighted by atomic mass is 19.1. The van der Waals surface area contributed by atoms with Gasteiger partial charge < -0.3 is 10.1 Å². The number of benzene rings is 1. The van der Waals surface area contributed by atoms with Gasteiger partial charge in [0.15, 0.2) is 11.6 Å². The second-order valence-corrected chi connectivity index (χ2v) is 3.86. The molecule has 1 aliphatic heterocycles. The van der Waals surface area contributed by atoms with Crippen molar-refractivity contribution in [3.05, 3.63) is 29.1 Å². The Morgan fingerprint density at radius 2 is 2.33 bits per heavy atom. The number of fused-ring (bicyclic) bond motifs is 1. The van der Waals surface area contributed by atoms with E-state index in [0.717, 1.165) is 18.5 Å². The molecule has 1 N–H and O–H groups in total. The molecule has 1 atom stereocenters. The molecule has 2 rings (SSSR count). The van der Waals surface area contributed by atoms with E-state index in [1.54, 1.807) is 6.92 Å². The summed E-state index contributed by atoms with van der Waals surface area (Å²) >= 11 is 0. The van der Waals surface area contributed by atoms with Crippen LogP contribution in [-0.2, 0) is 0 Å². The van der Waals surface area contributed by atoms with Crippen molar-refractivity contribution < 1.29 is 9.13 Å². The first kappa shape index (κ1) is 10.4. The van der Waals surface area contributed by atoms with E-state index < -0.39 is 0 Å². The third-order valence-corrected chi connectivity index (χ3v) is 2.80. The van der Waals surface area contributed by atoms with E-state index in [1.165, 1.54) is 0 Å². The van der Waals surface area contributed by atoms with Gasteiger partial charge in [0, 0.05) is 18.0 Å². The minimum absolute atomic E-state index is 0.213. The Balaban J connectivity index is 2.40. The standard InChI is InChI=1S/C12H16FNO/c1-3-14-10-6-7-15-12-9(10)5-4-8(2)11(12)13/h4-5,10,14H,3,6-7H2,1-2H3. The van der Waals surface area contributed by atoms with E-state index in [0.29, 0.717) is 17.9 Å². The number of halogens is 1. The molecule has 0 fully saturated rings. The molecule has 1 aromatic rings. The molecular weight excluding hydrogens is 193 g/mol. The molecule has 0 bridgehead atoms. The first-order valence-electron chi connectivity index (χ1n) is 5.39. The SMILES string of the molecule is CCNC1CCOc2c1ccc(C)c2F. The maximum absolute atomic E-state index is 13.7. The Morgan fingerprint density at radius 1 is 1.53 bits per heavy atom. The zero-order valence-electron chi connectivity index (χ0n) is 9.14. The van der Waals surface area contributed by atoms with E-state index in [4.69, 9.17) is 4.74 Å². The fraction of sp³-hybridized carbons (Fsp3) is 0.500. The maximum atomic E-state index is 13.7. The highest BCUT2D eigenvalue weighted by Gasteiger charge is 2.24. The summed E-state index contributed by atoms with van der Waals surface area (Å²) in [6.45, 7) is 5.29. The molecule has 0 aliphatic carbocycles. The summed E-state index contributed by atoms with van der Waals surface area (Å²) in [7, 11) is 0. The van der Waals surface area contributed by atoms with Crippen LogP contribution in [0.3, 0.4) is 0 Å². The van der Waals surface area contributed by atoms with Gasteiger partial charge in [0.25, 0.3) is 0 Å². The van der Waals surface area contributed by atoms with Crippen LogP contribution in [0.25, 0.3) is 0 Å². The Bertz CT molecular complexity index is 365. The number of hydrogen-bond acceptors (Lipinski definition) is 2. The Morgan fingerprint density at radius 3 is 3.07 bits per heavy atom. The van der Waals surface area contributed by atoms with Gasteiger partial charge in [-0.05, 0) is 19.0 Å². The van der Waals surface area contributed by atoms with Crippen LogP contribution in [0.5, 0.6) is 5.75 Å². The molecule has 1 unspecified atom stereocenters. The van der Waals surface area contributed by atoms with Gasteiger partial charge >= 0.3 is 0 Å². The number of nitrogens with one attached hydrogen (secondary N) is 1. The lowest BCUT2D eigenvalue weighted by Gasteiger charge is -2.27. The molecule has 82 valence electrons. The lowest BCUT2D eigenvalue weighted by Crippen LogP contribution is -2.27. The van der Waals surface area contributed by atoms with E-state index >= 15 is 0 Å². The van der Waals surface area contributed by atoms with Crippen molar-refractivity contribution in [2.75, 3.05) is 13.2 Å². The third kappa shape index (κ3) is 1.84. The van der Waals surface area contributed by atoms with E-state index in [-0.39, 0.29) is 11.9 Å². The van der Waals surface area contributed by atoms with Crippen LogP contribution < -0.4 is 10.1 Å². The predicted molar refractivity (Wildman–Crippen MR) is 57.7 cm³/mol. The average Bonchev–Trinajstić information content (AvgIpc) is 2.25. The zero-order valence-corrected chi connectivity index (χ0v) is 9.14. The highest BCUT2D eigenvalue weighted by Crippen LogP contribution is 2.35. The summed E-state index contributed by atoms with van der Waals surface area (Å²) in [5, 5.41) is 3.34. The summed E-state index contributed by atoms with van der Waals surface area (Å²) in [6, 6.07) is 4.00. The summed E-state index contributed by atoms with van der Waals surface area (Å²) in [6.07, 6.45) is 0.906. The molecule has 0 saturated heterocycles. The van der Waals surface area contributed by atoms with Gasteiger partial charge in [0.2, 0.25) is 0 Å². The van der Waals surface area contributed by atoms with Crippen molar-refractivity contribution in [2.24, 2.45) is 0 Å². The molecule has 0 amide bonds. The quantitative estimate of drug-likeness (QED) is 0.808. The molecule has 0 saturated carbocycles. The molecule has 1 aromatic carbocycles. The van der Waals surface area contributed by atoms with Gasteiger partial charge in [0.1, 0.15) is 0 Å². The molecule has 3 heteroatoms. The molecule has 15 heavy (non-hydrogen) atoms. The predicted octanol–water partition coefficient (Wildman–Crippen LogP) is 2.57. The Hall–Kier alpha value is -1.09. The average molecular weight is 209 g/mol. The maximum Gasteiger partial charge on any atom is 0.168 e. The minimum atomic E-state index is -0.213. The molecule has 0 aromatic heterocycles.